The van der Waals surface area contributed by atoms with E-state index in [2.05, 4.69) is 26.2 Å². The molecule has 33 heavy (non-hydrogen) atoms. The van der Waals surface area contributed by atoms with Gasteiger partial charge >= 0.3 is 0 Å². The Morgan fingerprint density at radius 3 is 2.67 bits per heavy atom. The number of thioether (sulfide) groups is 1. The summed E-state index contributed by atoms with van der Waals surface area (Å²) in [5, 5.41) is 3.32. The lowest BCUT2D eigenvalue weighted by molar-refractivity contribution is -0.115. The van der Waals surface area contributed by atoms with Crippen molar-refractivity contribution in [1.29, 1.82) is 0 Å². The van der Waals surface area contributed by atoms with Gasteiger partial charge in [0.15, 0.2) is 16.7 Å². The van der Waals surface area contributed by atoms with Gasteiger partial charge in [-0.05, 0) is 88.2 Å². The number of nitrogens with one attached hydrogen (secondary N) is 1. The maximum atomic E-state index is 13.4. The Labute approximate surface area is 203 Å². The Hall–Kier alpha value is -3.10. The summed E-state index contributed by atoms with van der Waals surface area (Å²) >= 11 is 4.79. The number of halogens is 2. The predicted molar refractivity (Wildman–Crippen MR) is 133 cm³/mol. The number of carbonyl (C=O) groups is 1. The highest BCUT2D eigenvalue weighted by atomic mass is 79.9. The molecule has 0 bridgehead atoms. The summed E-state index contributed by atoms with van der Waals surface area (Å²) in [7, 11) is 1.54. The number of hydrogen-bond acceptors (Lipinski definition) is 5. The molecule has 1 amide bonds. The summed E-state index contributed by atoms with van der Waals surface area (Å²) < 4.78 is 25.4. The number of ether oxygens (including phenoxy) is 2. The van der Waals surface area contributed by atoms with Crippen molar-refractivity contribution in [1.82, 2.24) is 5.32 Å². The minimum atomic E-state index is -0.318. The summed E-state index contributed by atoms with van der Waals surface area (Å²) in [6, 6.07) is 17.6. The topological polar surface area (TPSA) is 59.9 Å². The van der Waals surface area contributed by atoms with Gasteiger partial charge in [0, 0.05) is 0 Å². The van der Waals surface area contributed by atoms with Gasteiger partial charge in [0.2, 0.25) is 0 Å². The molecule has 0 spiro atoms. The third kappa shape index (κ3) is 5.83. The molecule has 8 heteroatoms. The number of aliphatic imine (C=N–C) groups is 1. The lowest BCUT2D eigenvalue weighted by Gasteiger charge is -2.14. The maximum Gasteiger partial charge on any atom is 0.264 e. The smallest absolute Gasteiger partial charge is 0.264 e. The van der Waals surface area contributed by atoms with E-state index < -0.39 is 0 Å². The molecule has 0 atom stereocenters. The normalized spacial score (nSPS) is 15.7. The fourth-order valence-electron chi connectivity index (χ4n) is 3.11. The average Bonchev–Trinajstić information content (AvgIpc) is 3.12. The number of amidine groups is 1. The number of benzene rings is 3. The van der Waals surface area contributed by atoms with Crippen molar-refractivity contribution in [3.8, 4) is 11.5 Å². The van der Waals surface area contributed by atoms with Crippen molar-refractivity contribution in [2.75, 3.05) is 7.11 Å². The summed E-state index contributed by atoms with van der Waals surface area (Å²) in [6.45, 7) is 2.19. The molecule has 0 radical (unpaired) electrons. The van der Waals surface area contributed by atoms with Gasteiger partial charge in [-0.2, -0.15) is 0 Å². The van der Waals surface area contributed by atoms with Crippen molar-refractivity contribution in [3.05, 3.63) is 92.5 Å². The molecule has 1 aliphatic rings. The summed E-state index contributed by atoms with van der Waals surface area (Å²) in [5.74, 6) is 0.452. The number of rotatable bonds is 6. The van der Waals surface area contributed by atoms with Gasteiger partial charge < -0.3 is 14.8 Å². The maximum absolute atomic E-state index is 13.4. The van der Waals surface area contributed by atoms with E-state index in [4.69, 9.17) is 9.47 Å². The van der Waals surface area contributed by atoms with E-state index in [1.807, 2.05) is 37.3 Å². The zero-order valence-corrected chi connectivity index (χ0v) is 20.3. The lowest BCUT2D eigenvalue weighted by Crippen LogP contribution is -2.19. The van der Waals surface area contributed by atoms with Crippen molar-refractivity contribution in [2.45, 2.75) is 13.5 Å². The number of hydrogen-bond donors (Lipinski definition) is 1. The molecule has 0 aliphatic carbocycles. The minimum absolute atomic E-state index is 0.185. The Balaban J connectivity index is 1.53. The lowest BCUT2D eigenvalue weighted by atomic mass is 10.2. The first-order valence-electron chi connectivity index (χ1n) is 10.0. The number of aryl methyl sites for hydroxylation is 1. The first-order valence-corrected chi connectivity index (χ1v) is 11.6. The second kappa shape index (κ2) is 10.2. The van der Waals surface area contributed by atoms with Crippen LogP contribution >= 0.6 is 27.7 Å². The van der Waals surface area contributed by atoms with Crippen LogP contribution in [0.1, 0.15) is 16.7 Å². The monoisotopic (exact) mass is 526 g/mol. The van der Waals surface area contributed by atoms with Crippen molar-refractivity contribution in [3.63, 3.8) is 0 Å². The Morgan fingerprint density at radius 2 is 1.94 bits per heavy atom. The van der Waals surface area contributed by atoms with E-state index in [-0.39, 0.29) is 18.3 Å². The number of methoxy groups -OCH3 is 1. The second-order valence-corrected chi connectivity index (χ2v) is 9.15. The predicted octanol–water partition coefficient (Wildman–Crippen LogP) is 6.38. The molecule has 0 saturated carbocycles. The van der Waals surface area contributed by atoms with E-state index in [1.165, 1.54) is 31.0 Å². The number of amides is 1. The first kappa shape index (κ1) is 23.1. The quantitative estimate of drug-likeness (QED) is 0.378. The van der Waals surface area contributed by atoms with E-state index in [0.29, 0.717) is 31.6 Å². The third-order valence-electron chi connectivity index (χ3n) is 4.74. The first-order chi connectivity index (χ1) is 15.9. The number of nitrogens with zero attached hydrogens (tertiary/aromatic N) is 1. The average molecular weight is 527 g/mol. The van der Waals surface area contributed by atoms with Crippen molar-refractivity contribution < 1.29 is 18.7 Å². The highest BCUT2D eigenvalue weighted by Crippen LogP contribution is 2.38. The van der Waals surface area contributed by atoms with E-state index in [0.717, 1.165) is 16.8 Å². The fraction of sp³-hybridized carbons (Fsp3) is 0.120. The molecule has 168 valence electrons. The Bertz CT molecular complexity index is 1260. The van der Waals surface area contributed by atoms with Crippen LogP contribution in [0.25, 0.3) is 6.08 Å². The summed E-state index contributed by atoms with van der Waals surface area (Å²) in [5.41, 5.74) is 3.38. The molecule has 3 aromatic rings. The van der Waals surface area contributed by atoms with Gasteiger partial charge in [-0.1, -0.05) is 29.8 Å². The van der Waals surface area contributed by atoms with Crippen molar-refractivity contribution >= 4 is 50.5 Å². The van der Waals surface area contributed by atoms with Gasteiger partial charge in [-0.25, -0.2) is 9.38 Å². The Kier molecular flexibility index (Phi) is 7.15. The zero-order valence-electron chi connectivity index (χ0n) is 17.9. The van der Waals surface area contributed by atoms with Crippen LogP contribution in [0, 0.1) is 12.7 Å². The molecule has 4 rings (SSSR count). The minimum Gasteiger partial charge on any atom is -0.493 e. The highest BCUT2D eigenvalue weighted by molar-refractivity contribution is 9.10. The summed E-state index contributed by atoms with van der Waals surface area (Å²) in [6.07, 6.45) is 1.77. The van der Waals surface area contributed by atoms with Gasteiger partial charge in [0.25, 0.3) is 5.91 Å². The second-order valence-electron chi connectivity index (χ2n) is 7.27. The molecule has 0 aromatic heterocycles. The van der Waals surface area contributed by atoms with Gasteiger partial charge in [0.1, 0.15) is 12.4 Å². The molecule has 1 saturated heterocycles. The van der Waals surface area contributed by atoms with Crippen molar-refractivity contribution in [2.24, 2.45) is 4.99 Å². The van der Waals surface area contributed by atoms with Crippen LogP contribution in [0.5, 0.6) is 11.5 Å². The molecule has 1 fully saturated rings. The standard InChI is InChI=1S/C25H20BrFN2O3S/c1-15-6-8-19(9-7-15)28-25-29-24(30)22(33-25)13-17-11-20(26)23(21(12-17)31-2)32-14-16-4-3-5-18(27)10-16/h3-13H,14H2,1-2H3,(H,28,29,30)/b22-13+. The van der Waals surface area contributed by atoms with Crippen LogP contribution in [-0.2, 0) is 11.4 Å². The molecule has 3 aromatic carbocycles. The van der Waals surface area contributed by atoms with E-state index in [9.17, 15) is 9.18 Å². The molecular weight excluding hydrogens is 507 g/mol. The van der Waals surface area contributed by atoms with Gasteiger partial charge in [-0.3, -0.25) is 4.79 Å². The molecule has 1 aliphatic heterocycles. The van der Waals surface area contributed by atoms with Crippen LogP contribution in [0.4, 0.5) is 10.1 Å². The summed E-state index contributed by atoms with van der Waals surface area (Å²) in [4.78, 5) is 17.5. The van der Waals surface area contributed by atoms with Crippen LogP contribution in [-0.4, -0.2) is 18.2 Å². The largest absolute Gasteiger partial charge is 0.493 e. The highest BCUT2D eigenvalue weighted by Gasteiger charge is 2.24. The zero-order chi connectivity index (χ0) is 23.4. The van der Waals surface area contributed by atoms with E-state index >= 15 is 0 Å². The third-order valence-corrected chi connectivity index (χ3v) is 6.24. The number of carbonyl (C=O) groups excluding carboxylic acids is 1. The SMILES string of the molecule is COc1cc(/C=C2/SC(=Nc3ccc(C)cc3)NC2=O)cc(Br)c1OCc1cccc(F)c1. The molecule has 1 heterocycles. The molecule has 5 nitrogen and oxygen atoms in total. The fourth-order valence-corrected chi connectivity index (χ4v) is 4.53. The Morgan fingerprint density at radius 1 is 1.15 bits per heavy atom. The van der Waals surface area contributed by atoms with E-state index in [1.54, 1.807) is 24.3 Å². The van der Waals surface area contributed by atoms with Gasteiger partial charge in [-0.15, -0.1) is 0 Å². The van der Waals surface area contributed by atoms with Crippen LogP contribution in [0.15, 0.2) is 75.0 Å². The van der Waals surface area contributed by atoms with Crippen LogP contribution in [0.2, 0.25) is 0 Å². The van der Waals surface area contributed by atoms with Gasteiger partial charge in [0.05, 0.1) is 22.2 Å². The van der Waals surface area contributed by atoms with Crippen LogP contribution < -0.4 is 14.8 Å². The molecule has 0 unspecified atom stereocenters. The molecular formula is C25H20BrFN2O3S. The molecule has 1 N–H and O–H groups in total. The van der Waals surface area contributed by atoms with Crippen LogP contribution in [0.3, 0.4) is 0 Å².